The van der Waals surface area contributed by atoms with Gasteiger partial charge in [0.2, 0.25) is 0 Å². The lowest BCUT2D eigenvalue weighted by molar-refractivity contribution is 0.199. The summed E-state index contributed by atoms with van der Waals surface area (Å²) in [7, 11) is 1.98. The Morgan fingerprint density at radius 3 is 2.65 bits per heavy atom. The molecule has 1 heterocycles. The maximum Gasteiger partial charge on any atom is 0.123 e. The second-order valence-corrected chi connectivity index (χ2v) is 6.15. The Labute approximate surface area is 123 Å². The number of rotatable bonds is 5. The van der Waals surface area contributed by atoms with Crippen molar-refractivity contribution >= 4 is 17.0 Å². The predicted molar refractivity (Wildman–Crippen MR) is 82.9 cm³/mol. The fourth-order valence-electron chi connectivity index (χ4n) is 2.28. The number of hydrogen-bond donors (Lipinski definition) is 1. The van der Waals surface area contributed by atoms with E-state index in [2.05, 4.69) is 23.3 Å². The van der Waals surface area contributed by atoms with Gasteiger partial charge in [0.15, 0.2) is 0 Å². The SMILES string of the molecule is CC(Cc1cccs1)N(C)c1ccc(F)cc1[C@@H](C)O. The van der Waals surface area contributed by atoms with E-state index in [4.69, 9.17) is 0 Å². The molecule has 0 fully saturated rings. The highest BCUT2D eigenvalue weighted by molar-refractivity contribution is 7.09. The van der Waals surface area contributed by atoms with E-state index in [-0.39, 0.29) is 11.9 Å². The lowest BCUT2D eigenvalue weighted by Gasteiger charge is -2.29. The van der Waals surface area contributed by atoms with Crippen LogP contribution in [0.3, 0.4) is 0 Å². The van der Waals surface area contributed by atoms with Crippen molar-refractivity contribution < 1.29 is 9.50 Å². The summed E-state index contributed by atoms with van der Waals surface area (Å²) in [6.45, 7) is 3.80. The van der Waals surface area contributed by atoms with Gasteiger partial charge in [0, 0.05) is 35.6 Å². The zero-order valence-corrected chi connectivity index (χ0v) is 12.8. The topological polar surface area (TPSA) is 23.5 Å². The van der Waals surface area contributed by atoms with Gasteiger partial charge in [-0.25, -0.2) is 4.39 Å². The molecule has 0 aliphatic carbocycles. The van der Waals surface area contributed by atoms with Crippen molar-refractivity contribution in [3.63, 3.8) is 0 Å². The molecule has 0 saturated heterocycles. The van der Waals surface area contributed by atoms with Crippen LogP contribution in [-0.4, -0.2) is 18.2 Å². The number of anilines is 1. The number of halogens is 1. The molecule has 0 spiro atoms. The number of nitrogens with zero attached hydrogens (tertiary/aromatic N) is 1. The number of aliphatic hydroxyl groups excluding tert-OH is 1. The van der Waals surface area contributed by atoms with Gasteiger partial charge in [-0.1, -0.05) is 6.07 Å². The molecule has 20 heavy (non-hydrogen) atoms. The molecule has 1 aromatic carbocycles. The Balaban J connectivity index is 2.21. The number of thiophene rings is 1. The van der Waals surface area contributed by atoms with Gasteiger partial charge in [0.1, 0.15) is 5.82 Å². The molecule has 1 N–H and O–H groups in total. The van der Waals surface area contributed by atoms with Gasteiger partial charge in [0.05, 0.1) is 6.10 Å². The van der Waals surface area contributed by atoms with Crippen LogP contribution in [0.4, 0.5) is 10.1 Å². The lowest BCUT2D eigenvalue weighted by atomic mass is 10.0. The van der Waals surface area contributed by atoms with Gasteiger partial charge < -0.3 is 10.0 Å². The van der Waals surface area contributed by atoms with Crippen molar-refractivity contribution in [2.45, 2.75) is 32.4 Å². The quantitative estimate of drug-likeness (QED) is 0.900. The molecule has 0 radical (unpaired) electrons. The number of aliphatic hydroxyl groups is 1. The maximum absolute atomic E-state index is 13.3. The first-order valence-corrected chi connectivity index (χ1v) is 7.59. The van der Waals surface area contributed by atoms with Crippen molar-refractivity contribution in [3.05, 3.63) is 52.0 Å². The standard InChI is InChI=1S/C16H20FNOS/c1-11(9-14-5-4-8-20-14)18(3)16-7-6-13(17)10-15(16)12(2)19/h4-8,10-12,19H,9H2,1-3H3/t11?,12-/m1/s1. The van der Waals surface area contributed by atoms with Crippen molar-refractivity contribution in [1.29, 1.82) is 0 Å². The van der Waals surface area contributed by atoms with Gasteiger partial charge in [-0.15, -0.1) is 11.3 Å². The highest BCUT2D eigenvalue weighted by Gasteiger charge is 2.17. The minimum atomic E-state index is -0.683. The van der Waals surface area contributed by atoms with E-state index in [0.29, 0.717) is 5.56 Å². The third-order valence-corrected chi connectivity index (χ3v) is 4.46. The van der Waals surface area contributed by atoms with Crippen LogP contribution < -0.4 is 4.90 Å². The molecular weight excluding hydrogens is 273 g/mol. The van der Waals surface area contributed by atoms with Crippen molar-refractivity contribution in [2.24, 2.45) is 0 Å². The van der Waals surface area contributed by atoms with Gasteiger partial charge in [-0.05, 0) is 43.5 Å². The molecule has 2 rings (SSSR count). The third kappa shape index (κ3) is 3.38. The van der Waals surface area contributed by atoms with E-state index in [9.17, 15) is 9.50 Å². The predicted octanol–water partition coefficient (Wildman–Crippen LogP) is 4.01. The molecule has 108 valence electrons. The van der Waals surface area contributed by atoms with Crippen LogP contribution in [0.15, 0.2) is 35.7 Å². The first-order valence-electron chi connectivity index (χ1n) is 6.71. The maximum atomic E-state index is 13.3. The molecule has 0 aliphatic rings. The number of benzene rings is 1. The van der Waals surface area contributed by atoms with Gasteiger partial charge in [-0.3, -0.25) is 0 Å². The second-order valence-electron chi connectivity index (χ2n) is 5.12. The van der Waals surface area contributed by atoms with Crippen molar-refractivity contribution in [3.8, 4) is 0 Å². The molecule has 2 aromatic rings. The highest BCUT2D eigenvalue weighted by atomic mass is 32.1. The summed E-state index contributed by atoms with van der Waals surface area (Å²) in [6.07, 6.45) is 0.252. The Morgan fingerprint density at radius 1 is 1.30 bits per heavy atom. The van der Waals surface area contributed by atoms with Crippen LogP contribution in [0.5, 0.6) is 0 Å². The number of hydrogen-bond acceptors (Lipinski definition) is 3. The number of likely N-dealkylation sites (N-methyl/N-ethyl adjacent to an activating group) is 1. The molecule has 0 amide bonds. The van der Waals surface area contributed by atoms with Crippen LogP contribution >= 0.6 is 11.3 Å². The normalized spacial score (nSPS) is 14.1. The fourth-order valence-corrected chi connectivity index (χ4v) is 3.10. The van der Waals surface area contributed by atoms with Gasteiger partial charge in [-0.2, -0.15) is 0 Å². The van der Waals surface area contributed by atoms with Crippen LogP contribution in [0.2, 0.25) is 0 Å². The minimum Gasteiger partial charge on any atom is -0.389 e. The average Bonchev–Trinajstić information content (AvgIpc) is 2.90. The molecule has 1 unspecified atom stereocenters. The van der Waals surface area contributed by atoms with Crippen molar-refractivity contribution in [1.82, 2.24) is 0 Å². The average molecular weight is 293 g/mol. The molecule has 2 nitrogen and oxygen atoms in total. The monoisotopic (exact) mass is 293 g/mol. The molecular formula is C16H20FNOS. The first-order chi connectivity index (χ1) is 9.49. The van der Waals surface area contributed by atoms with Crippen LogP contribution in [-0.2, 0) is 6.42 Å². The van der Waals surface area contributed by atoms with E-state index < -0.39 is 6.10 Å². The third-order valence-electron chi connectivity index (χ3n) is 3.56. The lowest BCUT2D eigenvalue weighted by Crippen LogP contribution is -2.31. The first kappa shape index (κ1) is 15.0. The van der Waals surface area contributed by atoms with Gasteiger partial charge in [0.25, 0.3) is 0 Å². The van der Waals surface area contributed by atoms with Crippen LogP contribution in [0.1, 0.15) is 30.4 Å². The Hall–Kier alpha value is -1.39. The zero-order chi connectivity index (χ0) is 14.7. The summed E-state index contributed by atoms with van der Waals surface area (Å²) < 4.78 is 13.3. The van der Waals surface area contributed by atoms with E-state index in [1.807, 2.05) is 13.1 Å². The van der Waals surface area contributed by atoms with E-state index in [1.54, 1.807) is 24.3 Å². The Morgan fingerprint density at radius 2 is 2.05 bits per heavy atom. The minimum absolute atomic E-state index is 0.275. The molecule has 4 heteroatoms. The summed E-state index contributed by atoms with van der Waals surface area (Å²) in [5.74, 6) is -0.316. The summed E-state index contributed by atoms with van der Waals surface area (Å²) >= 11 is 1.74. The Bertz CT molecular complexity index is 554. The molecule has 0 aliphatic heterocycles. The summed E-state index contributed by atoms with van der Waals surface area (Å²) in [4.78, 5) is 3.42. The smallest absolute Gasteiger partial charge is 0.123 e. The fraction of sp³-hybridized carbons (Fsp3) is 0.375. The summed E-state index contributed by atoms with van der Waals surface area (Å²) in [5, 5.41) is 11.9. The largest absolute Gasteiger partial charge is 0.389 e. The highest BCUT2D eigenvalue weighted by Crippen LogP contribution is 2.28. The van der Waals surface area contributed by atoms with Crippen molar-refractivity contribution in [2.75, 3.05) is 11.9 Å². The second kappa shape index (κ2) is 6.37. The van der Waals surface area contributed by atoms with Crippen LogP contribution in [0, 0.1) is 5.82 Å². The summed E-state index contributed by atoms with van der Waals surface area (Å²) in [5.41, 5.74) is 1.51. The van der Waals surface area contributed by atoms with Gasteiger partial charge >= 0.3 is 0 Å². The molecule has 2 atom stereocenters. The van der Waals surface area contributed by atoms with E-state index in [1.165, 1.54) is 17.0 Å². The van der Waals surface area contributed by atoms with E-state index in [0.717, 1.165) is 12.1 Å². The molecule has 0 bridgehead atoms. The molecule has 1 aromatic heterocycles. The van der Waals surface area contributed by atoms with Crippen LogP contribution in [0.25, 0.3) is 0 Å². The molecule has 0 saturated carbocycles. The zero-order valence-electron chi connectivity index (χ0n) is 12.0. The summed E-state index contributed by atoms with van der Waals surface area (Å²) in [6, 6.07) is 9.03. The van der Waals surface area contributed by atoms with E-state index >= 15 is 0 Å². The Kier molecular flexibility index (Phi) is 4.78.